The molecule has 0 saturated heterocycles. The molecular formula is C6H14NO5P. The molecule has 0 radical (unpaired) electrons. The molecule has 0 fully saturated rings. The Bertz CT molecular complexity index is 201. The van der Waals surface area contributed by atoms with Crippen molar-refractivity contribution in [2.75, 3.05) is 26.4 Å². The maximum atomic E-state index is 10.9. The van der Waals surface area contributed by atoms with E-state index in [2.05, 4.69) is 10.1 Å². The van der Waals surface area contributed by atoms with Crippen molar-refractivity contribution in [1.82, 2.24) is 5.32 Å². The van der Waals surface area contributed by atoms with Gasteiger partial charge in [0.1, 0.15) is 0 Å². The third-order valence-corrected chi connectivity index (χ3v) is 2.06. The van der Waals surface area contributed by atoms with Gasteiger partial charge in [0.05, 0.1) is 12.8 Å². The van der Waals surface area contributed by atoms with E-state index in [1.165, 1.54) is 7.11 Å². The van der Waals surface area contributed by atoms with Crippen molar-refractivity contribution in [3.05, 3.63) is 0 Å². The van der Waals surface area contributed by atoms with Gasteiger partial charge in [-0.15, -0.1) is 0 Å². The van der Waals surface area contributed by atoms with Crippen LogP contribution in [0.4, 0.5) is 0 Å². The fourth-order valence-electron chi connectivity index (χ4n) is 0.628. The molecule has 0 spiro atoms. The third-order valence-electron chi connectivity index (χ3n) is 1.26. The Morgan fingerprint density at radius 1 is 1.54 bits per heavy atom. The number of ether oxygens (including phenoxy) is 1. The quantitative estimate of drug-likeness (QED) is 0.399. The summed E-state index contributed by atoms with van der Waals surface area (Å²) >= 11 is 0. The van der Waals surface area contributed by atoms with E-state index in [-0.39, 0.29) is 12.3 Å². The van der Waals surface area contributed by atoms with Crippen LogP contribution in [0.2, 0.25) is 0 Å². The van der Waals surface area contributed by atoms with E-state index in [4.69, 9.17) is 9.79 Å². The number of amides is 1. The molecule has 0 heterocycles. The lowest BCUT2D eigenvalue weighted by molar-refractivity contribution is -0.120. The average Bonchev–Trinajstić information content (AvgIpc) is 2.00. The van der Waals surface area contributed by atoms with Crippen molar-refractivity contribution < 1.29 is 23.9 Å². The Morgan fingerprint density at radius 3 is 2.62 bits per heavy atom. The van der Waals surface area contributed by atoms with Crippen LogP contribution in [0.3, 0.4) is 0 Å². The van der Waals surface area contributed by atoms with E-state index in [1.807, 2.05) is 0 Å². The lowest BCUT2D eigenvalue weighted by Gasteiger charge is -2.05. The maximum Gasteiger partial charge on any atom is 0.326 e. The second kappa shape index (κ2) is 6.10. The molecule has 0 unspecified atom stereocenters. The van der Waals surface area contributed by atoms with Crippen LogP contribution in [0.1, 0.15) is 6.42 Å². The van der Waals surface area contributed by atoms with Gasteiger partial charge in [-0.2, -0.15) is 0 Å². The summed E-state index contributed by atoms with van der Waals surface area (Å²) in [6.07, 6.45) is -0.570. The molecule has 0 aliphatic rings. The summed E-state index contributed by atoms with van der Waals surface area (Å²) in [4.78, 5) is 27.7. The summed E-state index contributed by atoms with van der Waals surface area (Å²) < 4.78 is 15.0. The van der Waals surface area contributed by atoms with E-state index in [0.29, 0.717) is 13.2 Å². The zero-order valence-corrected chi connectivity index (χ0v) is 8.29. The van der Waals surface area contributed by atoms with Gasteiger partial charge in [0.2, 0.25) is 5.91 Å². The molecule has 78 valence electrons. The van der Waals surface area contributed by atoms with Crippen LogP contribution in [0.5, 0.6) is 0 Å². The first-order valence-corrected chi connectivity index (χ1v) is 5.55. The van der Waals surface area contributed by atoms with Gasteiger partial charge in [-0.25, -0.2) is 0 Å². The van der Waals surface area contributed by atoms with Gasteiger partial charge in [-0.1, -0.05) is 0 Å². The minimum Gasteiger partial charge on any atom is -0.383 e. The number of nitrogens with one attached hydrogen (secondary N) is 1. The van der Waals surface area contributed by atoms with Crippen LogP contribution in [-0.4, -0.2) is 42.1 Å². The highest BCUT2D eigenvalue weighted by Gasteiger charge is 2.14. The van der Waals surface area contributed by atoms with Gasteiger partial charge >= 0.3 is 7.60 Å². The van der Waals surface area contributed by atoms with Gasteiger partial charge in [-0.05, 0) is 0 Å². The fraction of sp³-hybridized carbons (Fsp3) is 0.833. The maximum absolute atomic E-state index is 10.9. The lowest BCUT2D eigenvalue weighted by atomic mass is 10.4. The van der Waals surface area contributed by atoms with E-state index >= 15 is 0 Å². The van der Waals surface area contributed by atoms with Crippen LogP contribution in [0.15, 0.2) is 0 Å². The molecule has 3 N–H and O–H groups in total. The average molecular weight is 211 g/mol. The van der Waals surface area contributed by atoms with Crippen LogP contribution < -0.4 is 5.32 Å². The normalized spacial score (nSPS) is 11.3. The van der Waals surface area contributed by atoms with Crippen LogP contribution >= 0.6 is 7.60 Å². The van der Waals surface area contributed by atoms with E-state index in [1.54, 1.807) is 0 Å². The SMILES string of the molecule is COCCNC(=O)CCP(=O)(O)O. The number of carbonyl (C=O) groups excluding carboxylic acids is 1. The summed E-state index contributed by atoms with van der Waals surface area (Å²) in [5.74, 6) is -0.375. The lowest BCUT2D eigenvalue weighted by Crippen LogP contribution is -2.27. The molecule has 0 rings (SSSR count). The van der Waals surface area contributed by atoms with Crippen molar-refractivity contribution >= 4 is 13.5 Å². The van der Waals surface area contributed by atoms with Crippen molar-refractivity contribution in [2.45, 2.75) is 6.42 Å². The highest BCUT2D eigenvalue weighted by molar-refractivity contribution is 7.51. The molecule has 0 saturated carbocycles. The van der Waals surface area contributed by atoms with Crippen LogP contribution in [-0.2, 0) is 14.1 Å². The van der Waals surface area contributed by atoms with Gasteiger partial charge < -0.3 is 19.8 Å². The van der Waals surface area contributed by atoms with Gasteiger partial charge in [0, 0.05) is 20.1 Å². The first-order chi connectivity index (χ1) is 5.95. The second-order valence-corrected chi connectivity index (χ2v) is 4.26. The Kier molecular flexibility index (Phi) is 5.90. The molecule has 1 amide bonds. The highest BCUT2D eigenvalue weighted by Crippen LogP contribution is 2.34. The molecule has 0 aliphatic heterocycles. The predicted octanol–water partition coefficient (Wildman–Crippen LogP) is -0.683. The Hall–Kier alpha value is -0.420. The van der Waals surface area contributed by atoms with E-state index in [0.717, 1.165) is 0 Å². The van der Waals surface area contributed by atoms with Crippen molar-refractivity contribution in [2.24, 2.45) is 0 Å². The van der Waals surface area contributed by atoms with Crippen molar-refractivity contribution in [1.29, 1.82) is 0 Å². The molecular weight excluding hydrogens is 197 g/mol. The predicted molar refractivity (Wildman–Crippen MR) is 46.4 cm³/mol. The summed E-state index contributed by atoms with van der Waals surface area (Å²) in [6, 6.07) is 0. The highest BCUT2D eigenvalue weighted by atomic mass is 31.2. The molecule has 0 aromatic carbocycles. The molecule has 0 aliphatic carbocycles. The van der Waals surface area contributed by atoms with Crippen molar-refractivity contribution in [3.63, 3.8) is 0 Å². The largest absolute Gasteiger partial charge is 0.383 e. The first kappa shape index (κ1) is 12.6. The smallest absolute Gasteiger partial charge is 0.326 e. The van der Waals surface area contributed by atoms with E-state index < -0.39 is 13.8 Å². The van der Waals surface area contributed by atoms with Crippen molar-refractivity contribution in [3.8, 4) is 0 Å². The van der Waals surface area contributed by atoms with Crippen LogP contribution in [0.25, 0.3) is 0 Å². The minimum atomic E-state index is -4.05. The summed E-state index contributed by atoms with van der Waals surface area (Å²) in [7, 11) is -2.55. The standard InChI is InChI=1S/C6H14NO5P/c1-12-4-3-7-6(8)2-5-13(9,10)11/h2-5H2,1H3,(H,7,8)(H2,9,10,11). The zero-order chi connectivity index (χ0) is 10.3. The third kappa shape index (κ3) is 9.49. The molecule has 6 nitrogen and oxygen atoms in total. The fourth-order valence-corrected chi connectivity index (χ4v) is 1.12. The molecule has 0 bridgehead atoms. The summed E-state index contributed by atoms with van der Waals surface area (Å²) in [5.41, 5.74) is 0. The summed E-state index contributed by atoms with van der Waals surface area (Å²) in [6.45, 7) is 0.748. The number of hydrogen-bond acceptors (Lipinski definition) is 3. The number of methoxy groups -OCH3 is 1. The zero-order valence-electron chi connectivity index (χ0n) is 7.39. The Labute approximate surface area is 76.4 Å². The molecule has 7 heteroatoms. The topological polar surface area (TPSA) is 95.9 Å². The Morgan fingerprint density at radius 2 is 2.15 bits per heavy atom. The number of hydrogen-bond donors (Lipinski definition) is 3. The molecule has 13 heavy (non-hydrogen) atoms. The number of rotatable bonds is 6. The molecule has 0 atom stereocenters. The van der Waals surface area contributed by atoms with Crippen LogP contribution in [0, 0.1) is 0 Å². The Balaban J connectivity index is 3.47. The number of carbonyl (C=O) groups is 1. The van der Waals surface area contributed by atoms with Gasteiger partial charge in [0.15, 0.2) is 0 Å². The first-order valence-electron chi connectivity index (χ1n) is 3.76. The monoisotopic (exact) mass is 211 g/mol. The molecule has 0 aromatic heterocycles. The molecule has 0 aromatic rings. The van der Waals surface area contributed by atoms with Gasteiger partial charge in [0.25, 0.3) is 0 Å². The second-order valence-electron chi connectivity index (χ2n) is 2.48. The van der Waals surface area contributed by atoms with E-state index in [9.17, 15) is 9.36 Å². The summed E-state index contributed by atoms with van der Waals surface area (Å²) in [5, 5.41) is 2.45. The van der Waals surface area contributed by atoms with Gasteiger partial charge in [-0.3, -0.25) is 9.36 Å². The minimum absolute atomic E-state index is 0.159.